The van der Waals surface area contributed by atoms with Gasteiger partial charge in [-0.3, -0.25) is 9.67 Å². The number of hydrogen-bond donors (Lipinski definition) is 0. The highest BCUT2D eigenvalue weighted by atomic mass is 15.3. The maximum atomic E-state index is 4.49. The molecule has 0 bridgehead atoms. The number of pyridine rings is 1. The van der Waals surface area contributed by atoms with Gasteiger partial charge in [-0.05, 0) is 59.9 Å². The van der Waals surface area contributed by atoms with Crippen LogP contribution in [-0.4, -0.2) is 25.0 Å². The predicted octanol–water partition coefficient (Wildman–Crippen LogP) is 4.86. The molecule has 0 spiro atoms. The van der Waals surface area contributed by atoms with Gasteiger partial charge >= 0.3 is 0 Å². The van der Waals surface area contributed by atoms with Crippen LogP contribution in [0, 0.1) is 0 Å². The summed E-state index contributed by atoms with van der Waals surface area (Å²) >= 11 is 0. The first-order valence-electron chi connectivity index (χ1n) is 10.2. The maximum absolute atomic E-state index is 4.49. The second-order valence-corrected chi connectivity index (χ2v) is 10.3. The molecule has 3 heterocycles. The molecule has 0 radical (unpaired) electrons. The Morgan fingerprint density at radius 2 is 1.62 bits per heavy atom. The second-order valence-electron chi connectivity index (χ2n) is 10.3. The van der Waals surface area contributed by atoms with Gasteiger partial charge in [-0.2, -0.15) is 15.3 Å². The van der Waals surface area contributed by atoms with Crippen molar-refractivity contribution in [2.45, 2.75) is 77.7 Å². The Bertz CT molecular complexity index is 949. The number of nitrogens with zero attached hydrogens (tertiary/aromatic N) is 5. The highest BCUT2D eigenvalue weighted by Crippen LogP contribution is 2.30. The summed E-state index contributed by atoms with van der Waals surface area (Å²) in [5.74, 6) is 0. The van der Waals surface area contributed by atoms with E-state index >= 15 is 0 Å². The minimum absolute atomic E-state index is 0.0707. The van der Waals surface area contributed by atoms with E-state index in [1.807, 2.05) is 41.7 Å². The molecule has 5 heteroatoms. The molecule has 3 rings (SSSR count). The van der Waals surface area contributed by atoms with Gasteiger partial charge in [0.15, 0.2) is 0 Å². The summed E-state index contributed by atoms with van der Waals surface area (Å²) < 4.78 is 1.98. The summed E-state index contributed by atoms with van der Waals surface area (Å²) in [5.41, 5.74) is 4.55. The lowest BCUT2D eigenvalue weighted by atomic mass is 9.79. The van der Waals surface area contributed by atoms with Gasteiger partial charge in [-0.1, -0.05) is 40.7 Å². The minimum atomic E-state index is -0.161. The van der Waals surface area contributed by atoms with Crippen molar-refractivity contribution >= 4 is 0 Å². The molecule has 0 amide bonds. The quantitative estimate of drug-likeness (QED) is 0.602. The first-order chi connectivity index (χ1) is 13.5. The van der Waals surface area contributed by atoms with Gasteiger partial charge < -0.3 is 0 Å². The predicted molar refractivity (Wildman–Crippen MR) is 117 cm³/mol. The van der Waals surface area contributed by atoms with Gasteiger partial charge in [0.2, 0.25) is 0 Å². The van der Waals surface area contributed by atoms with E-state index in [0.717, 1.165) is 18.5 Å². The number of hydrogen-bond acceptors (Lipinski definition) is 4. The molecule has 0 N–H and O–H groups in total. The van der Waals surface area contributed by atoms with Crippen molar-refractivity contribution in [2.75, 3.05) is 0 Å². The highest BCUT2D eigenvalue weighted by Gasteiger charge is 2.26. The van der Waals surface area contributed by atoms with Crippen LogP contribution in [-0.2, 0) is 29.2 Å². The second kappa shape index (κ2) is 7.69. The summed E-state index contributed by atoms with van der Waals surface area (Å²) in [5, 5.41) is 13.1. The van der Waals surface area contributed by atoms with Crippen molar-refractivity contribution in [3.05, 3.63) is 71.6 Å². The first-order valence-corrected chi connectivity index (χ1v) is 10.2. The Morgan fingerprint density at radius 3 is 2.28 bits per heavy atom. The zero-order chi connectivity index (χ0) is 21.3. The van der Waals surface area contributed by atoms with Gasteiger partial charge in [-0.25, -0.2) is 0 Å². The summed E-state index contributed by atoms with van der Waals surface area (Å²) in [6.07, 6.45) is 11.3. The molecule has 0 aliphatic rings. The monoisotopic (exact) mass is 391 g/mol. The topological polar surface area (TPSA) is 56.5 Å². The third kappa shape index (κ3) is 5.08. The number of aromatic nitrogens is 5. The van der Waals surface area contributed by atoms with Gasteiger partial charge in [0.05, 0.1) is 17.4 Å². The fourth-order valence-corrected chi connectivity index (χ4v) is 3.63. The molecule has 3 aromatic rings. The molecule has 0 fully saturated rings. The van der Waals surface area contributed by atoms with Crippen molar-refractivity contribution in [1.82, 2.24) is 25.0 Å². The summed E-state index contributed by atoms with van der Waals surface area (Å²) in [6.45, 7) is 15.5. The van der Waals surface area contributed by atoms with Crippen molar-refractivity contribution < 1.29 is 0 Å². The van der Waals surface area contributed by atoms with Gasteiger partial charge in [0.25, 0.3) is 0 Å². The largest absolute Gasteiger partial charge is 0.267 e. The van der Waals surface area contributed by atoms with E-state index in [4.69, 9.17) is 0 Å². The molecule has 0 saturated carbocycles. The Morgan fingerprint density at radius 1 is 0.862 bits per heavy atom. The molecule has 0 unspecified atom stereocenters. The van der Waals surface area contributed by atoms with Crippen molar-refractivity contribution in [1.29, 1.82) is 0 Å². The van der Waals surface area contributed by atoms with Crippen LogP contribution in [0.25, 0.3) is 0 Å². The van der Waals surface area contributed by atoms with Crippen LogP contribution in [0.5, 0.6) is 0 Å². The van der Waals surface area contributed by atoms with E-state index in [2.05, 4.69) is 80.9 Å². The smallest absolute Gasteiger partial charge is 0.0658 e. The van der Waals surface area contributed by atoms with Crippen LogP contribution in [0.3, 0.4) is 0 Å². The first kappa shape index (κ1) is 21.2. The zero-order valence-electron chi connectivity index (χ0n) is 18.8. The molecular formula is C24H33N5. The summed E-state index contributed by atoms with van der Waals surface area (Å²) in [4.78, 5) is 4.49. The van der Waals surface area contributed by atoms with Crippen molar-refractivity contribution in [3.8, 4) is 0 Å². The molecule has 0 aliphatic carbocycles. The van der Waals surface area contributed by atoms with E-state index in [1.165, 1.54) is 16.7 Å². The van der Waals surface area contributed by atoms with E-state index in [0.29, 0.717) is 0 Å². The fraction of sp³-hybridized carbons (Fsp3) is 0.500. The van der Waals surface area contributed by atoms with Crippen LogP contribution in [0.15, 0.2) is 49.2 Å². The van der Waals surface area contributed by atoms with Crippen molar-refractivity contribution in [2.24, 2.45) is 0 Å². The molecular weight excluding hydrogens is 358 g/mol. The SMILES string of the molecule is CC(C)(C)c1cncc(CC(C)(C)c2cnnc(CC(C)(C)n3cccn3)c2)c1. The average molecular weight is 392 g/mol. The lowest BCUT2D eigenvalue weighted by molar-refractivity contribution is 0.312. The van der Waals surface area contributed by atoms with Crippen LogP contribution in [0.1, 0.15) is 70.9 Å². The van der Waals surface area contributed by atoms with E-state index < -0.39 is 0 Å². The van der Waals surface area contributed by atoms with Crippen LogP contribution in [0.4, 0.5) is 0 Å². The molecule has 0 aliphatic heterocycles. The van der Waals surface area contributed by atoms with E-state index in [9.17, 15) is 0 Å². The molecule has 5 nitrogen and oxygen atoms in total. The normalized spacial score (nSPS) is 12.9. The Kier molecular flexibility index (Phi) is 5.61. The third-order valence-electron chi connectivity index (χ3n) is 5.53. The van der Waals surface area contributed by atoms with Crippen LogP contribution in [0.2, 0.25) is 0 Å². The minimum Gasteiger partial charge on any atom is -0.267 e. The third-order valence-corrected chi connectivity index (χ3v) is 5.53. The Labute approximate surface area is 174 Å². The van der Waals surface area contributed by atoms with Crippen LogP contribution < -0.4 is 0 Å². The summed E-state index contributed by atoms with van der Waals surface area (Å²) in [6, 6.07) is 6.43. The maximum Gasteiger partial charge on any atom is 0.0658 e. The standard InChI is InChI=1S/C24H33N5/c1-22(2,3)19-11-18(15-25-16-19)13-23(4,5)20-12-21(28-26-17-20)14-24(6,7)29-10-8-9-27-29/h8-12,15-17H,13-14H2,1-7H3. The average Bonchev–Trinajstić information content (AvgIpc) is 3.16. The lowest BCUT2D eigenvalue weighted by Gasteiger charge is -2.28. The fourth-order valence-electron chi connectivity index (χ4n) is 3.63. The summed E-state index contributed by atoms with van der Waals surface area (Å²) in [7, 11) is 0. The lowest BCUT2D eigenvalue weighted by Crippen LogP contribution is -2.30. The van der Waals surface area contributed by atoms with Crippen molar-refractivity contribution in [3.63, 3.8) is 0 Å². The van der Waals surface area contributed by atoms with Gasteiger partial charge in [0.1, 0.15) is 0 Å². The van der Waals surface area contributed by atoms with E-state index in [1.54, 1.807) is 0 Å². The molecule has 0 saturated heterocycles. The Hall–Kier alpha value is -2.56. The number of rotatable bonds is 6. The van der Waals surface area contributed by atoms with E-state index in [-0.39, 0.29) is 16.4 Å². The van der Waals surface area contributed by atoms with Gasteiger partial charge in [0, 0.05) is 31.2 Å². The molecule has 29 heavy (non-hydrogen) atoms. The molecule has 0 atom stereocenters. The zero-order valence-corrected chi connectivity index (χ0v) is 18.8. The van der Waals surface area contributed by atoms with Gasteiger partial charge in [-0.15, -0.1) is 0 Å². The van der Waals surface area contributed by atoms with Crippen LogP contribution >= 0.6 is 0 Å². The molecule has 154 valence electrons. The Balaban J connectivity index is 1.82. The molecule has 0 aromatic carbocycles. The molecule has 3 aromatic heterocycles. The highest BCUT2D eigenvalue weighted by molar-refractivity contribution is 5.29.